The summed E-state index contributed by atoms with van der Waals surface area (Å²) in [5, 5.41) is 4.04. The van der Waals surface area contributed by atoms with Crippen molar-refractivity contribution < 1.29 is 9.59 Å². The molecular formula is C30H30N4O2. The molecule has 1 unspecified atom stereocenters. The number of nitrogens with one attached hydrogen (secondary N) is 1. The van der Waals surface area contributed by atoms with Gasteiger partial charge < -0.3 is 10.2 Å². The standard InChI is InChI=1S/C30H30N4O2/c1-2-24(21-9-4-3-5-10-21)30(36)34-17-14-23(15-18-34)32-29(35)26-19-28(22-11-8-16-31-20-22)33-27-13-7-6-12-25(26)27/h3-13,16,19-20,23-24H,2,14-15,17-18H2,1H3,(H,32,35). The summed E-state index contributed by atoms with van der Waals surface area (Å²) in [6, 6.07) is 23.4. The third-order valence-electron chi connectivity index (χ3n) is 6.97. The van der Waals surface area contributed by atoms with Gasteiger partial charge in [-0.2, -0.15) is 0 Å². The first kappa shape index (κ1) is 23.7. The van der Waals surface area contributed by atoms with E-state index >= 15 is 0 Å². The number of rotatable bonds is 6. The smallest absolute Gasteiger partial charge is 0.252 e. The largest absolute Gasteiger partial charge is 0.349 e. The van der Waals surface area contributed by atoms with Crippen molar-refractivity contribution in [2.75, 3.05) is 13.1 Å². The van der Waals surface area contributed by atoms with E-state index in [0.29, 0.717) is 18.7 Å². The second kappa shape index (κ2) is 10.7. The second-order valence-corrected chi connectivity index (χ2v) is 9.26. The Morgan fingerprint density at radius 1 is 1.00 bits per heavy atom. The van der Waals surface area contributed by atoms with Gasteiger partial charge in [0.2, 0.25) is 5.91 Å². The van der Waals surface area contributed by atoms with Crippen LogP contribution in [-0.2, 0) is 4.79 Å². The minimum atomic E-state index is -0.119. The Morgan fingerprint density at radius 2 is 1.75 bits per heavy atom. The summed E-state index contributed by atoms with van der Waals surface area (Å²) in [4.78, 5) is 37.6. The molecule has 36 heavy (non-hydrogen) atoms. The van der Waals surface area contributed by atoms with Gasteiger partial charge in [-0.05, 0) is 49.1 Å². The molecule has 4 aromatic rings. The number of fused-ring (bicyclic) bond motifs is 1. The maximum absolute atomic E-state index is 13.4. The van der Waals surface area contributed by atoms with Gasteiger partial charge in [0, 0.05) is 42.5 Å². The van der Waals surface area contributed by atoms with E-state index in [1.54, 1.807) is 12.4 Å². The Morgan fingerprint density at radius 3 is 2.47 bits per heavy atom. The topological polar surface area (TPSA) is 75.2 Å². The van der Waals surface area contributed by atoms with E-state index in [1.807, 2.05) is 77.7 Å². The van der Waals surface area contributed by atoms with Crippen LogP contribution in [0.25, 0.3) is 22.2 Å². The highest BCUT2D eigenvalue weighted by atomic mass is 16.2. The van der Waals surface area contributed by atoms with E-state index in [4.69, 9.17) is 4.98 Å². The fourth-order valence-corrected chi connectivity index (χ4v) is 4.99. The summed E-state index contributed by atoms with van der Waals surface area (Å²) in [6.45, 7) is 3.34. The molecule has 0 radical (unpaired) electrons. The Hall–Kier alpha value is -4.06. The van der Waals surface area contributed by atoms with Crippen molar-refractivity contribution in [3.63, 3.8) is 0 Å². The molecule has 3 heterocycles. The van der Waals surface area contributed by atoms with E-state index in [-0.39, 0.29) is 23.8 Å². The molecule has 1 saturated heterocycles. The van der Waals surface area contributed by atoms with Crippen molar-refractivity contribution in [3.05, 3.63) is 96.3 Å². The van der Waals surface area contributed by atoms with Crippen LogP contribution >= 0.6 is 0 Å². The van der Waals surface area contributed by atoms with E-state index in [1.165, 1.54) is 0 Å². The number of amides is 2. The Bertz CT molecular complexity index is 1350. The molecule has 0 aliphatic carbocycles. The molecule has 1 aliphatic rings. The van der Waals surface area contributed by atoms with Gasteiger partial charge >= 0.3 is 0 Å². The normalized spacial score (nSPS) is 15.0. The third-order valence-corrected chi connectivity index (χ3v) is 6.97. The number of carbonyl (C=O) groups is 2. The number of nitrogens with zero attached hydrogens (tertiary/aromatic N) is 3. The summed E-state index contributed by atoms with van der Waals surface area (Å²) < 4.78 is 0. The van der Waals surface area contributed by atoms with Gasteiger partial charge in [0.25, 0.3) is 5.91 Å². The molecule has 0 bridgehead atoms. The average molecular weight is 479 g/mol. The van der Waals surface area contributed by atoms with Crippen LogP contribution in [0.3, 0.4) is 0 Å². The highest BCUT2D eigenvalue weighted by Crippen LogP contribution is 2.26. The Labute approximate surface area is 211 Å². The summed E-state index contributed by atoms with van der Waals surface area (Å²) in [7, 11) is 0. The Kier molecular flexibility index (Phi) is 7.03. The molecule has 1 N–H and O–H groups in total. The number of benzene rings is 2. The molecule has 182 valence electrons. The first-order valence-corrected chi connectivity index (χ1v) is 12.6. The molecule has 0 spiro atoms. The monoisotopic (exact) mass is 478 g/mol. The predicted octanol–water partition coefficient (Wildman–Crippen LogP) is 5.21. The zero-order valence-electron chi connectivity index (χ0n) is 20.4. The summed E-state index contributed by atoms with van der Waals surface area (Å²) >= 11 is 0. The number of hydrogen-bond acceptors (Lipinski definition) is 4. The van der Waals surface area contributed by atoms with Gasteiger partial charge in [-0.15, -0.1) is 0 Å². The summed E-state index contributed by atoms with van der Waals surface area (Å²) in [6.07, 6.45) is 5.72. The van der Waals surface area contributed by atoms with Crippen LogP contribution in [0.1, 0.15) is 48.0 Å². The Balaban J connectivity index is 1.29. The van der Waals surface area contributed by atoms with Crippen molar-refractivity contribution >= 4 is 22.7 Å². The zero-order chi connectivity index (χ0) is 24.9. The number of likely N-dealkylation sites (tertiary alicyclic amines) is 1. The van der Waals surface area contributed by atoms with Crippen LogP contribution in [-0.4, -0.2) is 45.8 Å². The first-order valence-electron chi connectivity index (χ1n) is 12.6. The molecule has 6 heteroatoms. The van der Waals surface area contributed by atoms with Gasteiger partial charge in [-0.3, -0.25) is 14.6 Å². The van der Waals surface area contributed by atoms with E-state index in [0.717, 1.165) is 47.0 Å². The van der Waals surface area contributed by atoms with Crippen LogP contribution < -0.4 is 5.32 Å². The fourth-order valence-electron chi connectivity index (χ4n) is 4.99. The van der Waals surface area contributed by atoms with Gasteiger partial charge in [0.1, 0.15) is 0 Å². The van der Waals surface area contributed by atoms with Gasteiger partial charge in [-0.25, -0.2) is 4.98 Å². The molecule has 2 amide bonds. The van der Waals surface area contributed by atoms with Gasteiger partial charge in [0.15, 0.2) is 0 Å². The molecule has 5 rings (SSSR count). The SMILES string of the molecule is CCC(C(=O)N1CCC(NC(=O)c2cc(-c3cccnc3)nc3ccccc23)CC1)c1ccccc1. The zero-order valence-corrected chi connectivity index (χ0v) is 20.4. The van der Waals surface area contributed by atoms with Gasteiger partial charge in [0.05, 0.1) is 22.7 Å². The minimum Gasteiger partial charge on any atom is -0.349 e. The number of hydrogen-bond donors (Lipinski definition) is 1. The lowest BCUT2D eigenvalue weighted by Gasteiger charge is -2.34. The van der Waals surface area contributed by atoms with E-state index < -0.39 is 0 Å². The van der Waals surface area contributed by atoms with Crippen molar-refractivity contribution in [3.8, 4) is 11.3 Å². The van der Waals surface area contributed by atoms with Crippen molar-refractivity contribution in [2.24, 2.45) is 0 Å². The van der Waals surface area contributed by atoms with Crippen molar-refractivity contribution in [2.45, 2.75) is 38.1 Å². The summed E-state index contributed by atoms with van der Waals surface area (Å²) in [5.74, 6) is -0.0552. The van der Waals surface area contributed by atoms with Crippen LogP contribution in [0.15, 0.2) is 85.2 Å². The van der Waals surface area contributed by atoms with Crippen LogP contribution in [0.5, 0.6) is 0 Å². The first-order chi connectivity index (χ1) is 17.6. The molecule has 2 aromatic carbocycles. The lowest BCUT2D eigenvalue weighted by molar-refractivity contribution is -0.134. The molecule has 2 aromatic heterocycles. The highest BCUT2D eigenvalue weighted by Gasteiger charge is 2.29. The lowest BCUT2D eigenvalue weighted by atomic mass is 9.93. The molecule has 1 fully saturated rings. The average Bonchev–Trinajstić information content (AvgIpc) is 2.94. The maximum atomic E-state index is 13.4. The number of aromatic nitrogens is 2. The van der Waals surface area contributed by atoms with E-state index in [2.05, 4.69) is 17.2 Å². The van der Waals surface area contributed by atoms with Crippen LogP contribution in [0.4, 0.5) is 0 Å². The molecule has 1 aliphatic heterocycles. The van der Waals surface area contributed by atoms with Crippen LogP contribution in [0.2, 0.25) is 0 Å². The molecule has 0 saturated carbocycles. The maximum Gasteiger partial charge on any atom is 0.252 e. The summed E-state index contributed by atoms with van der Waals surface area (Å²) in [5.41, 5.74) is 4.03. The predicted molar refractivity (Wildman–Crippen MR) is 142 cm³/mol. The van der Waals surface area contributed by atoms with Crippen LogP contribution in [0, 0.1) is 0 Å². The molecule has 6 nitrogen and oxygen atoms in total. The van der Waals surface area contributed by atoms with Crippen molar-refractivity contribution in [1.29, 1.82) is 0 Å². The number of pyridine rings is 2. The van der Waals surface area contributed by atoms with Crippen molar-refractivity contribution in [1.82, 2.24) is 20.2 Å². The second-order valence-electron chi connectivity index (χ2n) is 9.26. The molecular weight excluding hydrogens is 448 g/mol. The van der Waals surface area contributed by atoms with E-state index in [9.17, 15) is 9.59 Å². The lowest BCUT2D eigenvalue weighted by Crippen LogP contribution is -2.47. The number of piperidine rings is 1. The third kappa shape index (κ3) is 4.98. The highest BCUT2D eigenvalue weighted by molar-refractivity contribution is 6.07. The number of carbonyl (C=O) groups excluding carboxylic acids is 2. The molecule has 1 atom stereocenters. The minimum absolute atomic E-state index is 0.0205. The van der Waals surface area contributed by atoms with Gasteiger partial charge in [-0.1, -0.05) is 55.5 Å². The number of para-hydroxylation sites is 1. The fraction of sp³-hybridized carbons (Fsp3) is 0.267. The quantitative estimate of drug-likeness (QED) is 0.413.